The number of methoxy groups -OCH3 is 1. The standard InChI is InChI=1S/C27H29ClN4O2/c1-19-29-32(22-10-12-26(33-3)25(18-22)31-15-13-30(2)14-16-31)27(34-19)21-9-11-23(24(28)17-21)20-7-5-4-6-8-20/h4-12,17-18,27H,13-16H2,1-3H3. The van der Waals surface area contributed by atoms with Gasteiger partial charge in [-0.3, -0.25) is 0 Å². The minimum absolute atomic E-state index is 0.393. The smallest absolute Gasteiger partial charge is 0.219 e. The molecule has 3 aromatic carbocycles. The molecule has 1 saturated heterocycles. The molecular weight excluding hydrogens is 448 g/mol. The summed E-state index contributed by atoms with van der Waals surface area (Å²) in [6, 6.07) is 22.4. The number of hydrogen-bond donors (Lipinski definition) is 0. The summed E-state index contributed by atoms with van der Waals surface area (Å²) in [7, 11) is 3.87. The van der Waals surface area contributed by atoms with E-state index in [1.54, 1.807) is 7.11 Å². The van der Waals surface area contributed by atoms with Gasteiger partial charge in [0.05, 0.1) is 18.5 Å². The zero-order chi connectivity index (χ0) is 23.7. The van der Waals surface area contributed by atoms with E-state index in [2.05, 4.69) is 41.1 Å². The van der Waals surface area contributed by atoms with Gasteiger partial charge in [-0.05, 0) is 36.9 Å². The molecule has 3 aromatic rings. The van der Waals surface area contributed by atoms with E-state index in [0.717, 1.165) is 60.0 Å². The van der Waals surface area contributed by atoms with Gasteiger partial charge in [0.15, 0.2) is 0 Å². The van der Waals surface area contributed by atoms with Crippen LogP contribution in [0.2, 0.25) is 5.02 Å². The molecule has 2 heterocycles. The maximum Gasteiger partial charge on any atom is 0.219 e. The highest BCUT2D eigenvalue weighted by atomic mass is 35.5. The van der Waals surface area contributed by atoms with Crippen LogP contribution in [0.5, 0.6) is 5.75 Å². The summed E-state index contributed by atoms with van der Waals surface area (Å²) >= 11 is 6.71. The lowest BCUT2D eigenvalue weighted by atomic mass is 10.0. The molecule has 2 aliphatic heterocycles. The molecule has 0 spiro atoms. The van der Waals surface area contributed by atoms with Crippen LogP contribution < -0.4 is 14.6 Å². The van der Waals surface area contributed by atoms with Crippen molar-refractivity contribution in [2.24, 2.45) is 5.10 Å². The second kappa shape index (κ2) is 9.57. The minimum atomic E-state index is -0.393. The molecule has 7 heteroatoms. The van der Waals surface area contributed by atoms with E-state index >= 15 is 0 Å². The highest BCUT2D eigenvalue weighted by Gasteiger charge is 2.30. The Morgan fingerprint density at radius 3 is 2.44 bits per heavy atom. The molecule has 0 saturated carbocycles. The normalized spacial score (nSPS) is 18.6. The summed E-state index contributed by atoms with van der Waals surface area (Å²) in [5, 5.41) is 7.30. The van der Waals surface area contributed by atoms with Crippen LogP contribution in [0.25, 0.3) is 11.1 Å². The fourth-order valence-electron chi connectivity index (χ4n) is 4.49. The van der Waals surface area contributed by atoms with Gasteiger partial charge in [-0.25, -0.2) is 5.01 Å². The first-order chi connectivity index (χ1) is 16.5. The van der Waals surface area contributed by atoms with Crippen molar-refractivity contribution >= 4 is 28.9 Å². The summed E-state index contributed by atoms with van der Waals surface area (Å²) in [5.74, 6) is 1.48. The minimum Gasteiger partial charge on any atom is -0.495 e. The summed E-state index contributed by atoms with van der Waals surface area (Å²) < 4.78 is 11.8. The van der Waals surface area contributed by atoms with Gasteiger partial charge >= 0.3 is 0 Å². The molecule has 176 valence electrons. The van der Waals surface area contributed by atoms with E-state index in [1.165, 1.54) is 0 Å². The first-order valence-electron chi connectivity index (χ1n) is 11.5. The first kappa shape index (κ1) is 22.6. The number of piperazine rings is 1. The second-order valence-electron chi connectivity index (χ2n) is 8.69. The fourth-order valence-corrected chi connectivity index (χ4v) is 4.79. The molecule has 5 rings (SSSR count). The van der Waals surface area contributed by atoms with Crippen molar-refractivity contribution in [2.45, 2.75) is 13.2 Å². The second-order valence-corrected chi connectivity index (χ2v) is 9.09. The Bertz CT molecular complexity index is 1190. The average molecular weight is 477 g/mol. The van der Waals surface area contributed by atoms with Crippen LogP contribution in [0.4, 0.5) is 11.4 Å². The Kier molecular flexibility index (Phi) is 6.35. The molecule has 0 radical (unpaired) electrons. The first-order valence-corrected chi connectivity index (χ1v) is 11.9. The molecule has 0 bridgehead atoms. The van der Waals surface area contributed by atoms with Crippen LogP contribution >= 0.6 is 11.6 Å². The molecule has 0 N–H and O–H groups in total. The third kappa shape index (κ3) is 4.43. The van der Waals surface area contributed by atoms with Crippen LogP contribution in [0.3, 0.4) is 0 Å². The highest BCUT2D eigenvalue weighted by Crippen LogP contribution is 2.40. The number of rotatable bonds is 5. The predicted octanol–water partition coefficient (Wildman–Crippen LogP) is 5.64. The number of likely N-dealkylation sites (N-methyl/N-ethyl adjacent to an activating group) is 1. The van der Waals surface area contributed by atoms with Crippen LogP contribution in [0.15, 0.2) is 71.8 Å². The summed E-state index contributed by atoms with van der Waals surface area (Å²) in [6.07, 6.45) is -0.393. The summed E-state index contributed by atoms with van der Waals surface area (Å²) in [4.78, 5) is 4.71. The molecule has 0 aromatic heterocycles. The van der Waals surface area contributed by atoms with Gasteiger partial charge in [-0.1, -0.05) is 54.1 Å². The average Bonchev–Trinajstić information content (AvgIpc) is 3.26. The Labute approximate surface area is 205 Å². The number of ether oxygens (including phenoxy) is 2. The quantitative estimate of drug-likeness (QED) is 0.477. The molecule has 0 amide bonds. The van der Waals surface area contributed by atoms with Crippen LogP contribution in [-0.4, -0.2) is 51.1 Å². The van der Waals surface area contributed by atoms with Crippen molar-refractivity contribution in [3.8, 4) is 16.9 Å². The van der Waals surface area contributed by atoms with Crippen molar-refractivity contribution in [3.05, 3.63) is 77.3 Å². The van der Waals surface area contributed by atoms with E-state index in [9.17, 15) is 0 Å². The Hall–Kier alpha value is -3.22. The largest absolute Gasteiger partial charge is 0.495 e. The lowest BCUT2D eigenvalue weighted by Gasteiger charge is -2.35. The monoisotopic (exact) mass is 476 g/mol. The molecule has 1 unspecified atom stereocenters. The number of hydrogen-bond acceptors (Lipinski definition) is 6. The zero-order valence-corrected chi connectivity index (χ0v) is 20.5. The van der Waals surface area contributed by atoms with Gasteiger partial charge in [0, 0.05) is 49.3 Å². The number of anilines is 2. The molecule has 0 aliphatic carbocycles. The maximum absolute atomic E-state index is 6.71. The van der Waals surface area contributed by atoms with Gasteiger partial charge in [0.25, 0.3) is 0 Å². The summed E-state index contributed by atoms with van der Waals surface area (Å²) in [5.41, 5.74) is 5.05. The number of nitrogens with zero attached hydrogens (tertiary/aromatic N) is 4. The van der Waals surface area contributed by atoms with Gasteiger partial charge in [0.2, 0.25) is 12.1 Å². The Balaban J connectivity index is 1.46. The van der Waals surface area contributed by atoms with Gasteiger partial charge in [-0.2, -0.15) is 0 Å². The van der Waals surface area contributed by atoms with Crippen molar-refractivity contribution in [2.75, 3.05) is 50.2 Å². The van der Waals surface area contributed by atoms with E-state index in [0.29, 0.717) is 10.9 Å². The van der Waals surface area contributed by atoms with E-state index in [-0.39, 0.29) is 0 Å². The number of benzene rings is 3. The predicted molar refractivity (Wildman–Crippen MR) is 139 cm³/mol. The lowest BCUT2D eigenvalue weighted by Crippen LogP contribution is -2.44. The van der Waals surface area contributed by atoms with Gasteiger partial charge in [0.1, 0.15) is 5.75 Å². The Morgan fingerprint density at radius 2 is 1.74 bits per heavy atom. The van der Waals surface area contributed by atoms with Gasteiger partial charge < -0.3 is 19.3 Å². The highest BCUT2D eigenvalue weighted by molar-refractivity contribution is 6.33. The molecule has 6 nitrogen and oxygen atoms in total. The van der Waals surface area contributed by atoms with Crippen molar-refractivity contribution in [3.63, 3.8) is 0 Å². The number of hydrazone groups is 1. The lowest BCUT2D eigenvalue weighted by molar-refractivity contribution is 0.216. The Morgan fingerprint density at radius 1 is 0.971 bits per heavy atom. The van der Waals surface area contributed by atoms with Crippen molar-refractivity contribution < 1.29 is 9.47 Å². The molecule has 2 aliphatic rings. The van der Waals surface area contributed by atoms with Gasteiger partial charge in [-0.15, -0.1) is 5.10 Å². The maximum atomic E-state index is 6.71. The van der Waals surface area contributed by atoms with E-state index < -0.39 is 6.23 Å². The number of halogens is 1. The third-order valence-corrected chi connectivity index (χ3v) is 6.70. The van der Waals surface area contributed by atoms with Crippen LogP contribution in [0, 0.1) is 0 Å². The van der Waals surface area contributed by atoms with Crippen molar-refractivity contribution in [1.82, 2.24) is 4.90 Å². The SMILES string of the molecule is COc1ccc(N2N=C(C)OC2c2ccc(-c3ccccc3)c(Cl)c2)cc1N1CCN(C)CC1. The van der Waals surface area contributed by atoms with Crippen LogP contribution in [0.1, 0.15) is 18.7 Å². The molecular formula is C27H29ClN4O2. The molecule has 1 atom stereocenters. The van der Waals surface area contributed by atoms with E-state index in [4.69, 9.17) is 26.2 Å². The van der Waals surface area contributed by atoms with Crippen molar-refractivity contribution in [1.29, 1.82) is 0 Å². The fraction of sp³-hybridized carbons (Fsp3) is 0.296. The molecule has 34 heavy (non-hydrogen) atoms. The summed E-state index contributed by atoms with van der Waals surface area (Å²) in [6.45, 7) is 5.82. The molecule has 1 fully saturated rings. The van der Waals surface area contributed by atoms with Crippen LogP contribution in [-0.2, 0) is 4.74 Å². The van der Waals surface area contributed by atoms with E-state index in [1.807, 2.05) is 54.4 Å². The topological polar surface area (TPSA) is 40.5 Å². The zero-order valence-electron chi connectivity index (χ0n) is 19.7. The third-order valence-electron chi connectivity index (χ3n) is 6.39.